The summed E-state index contributed by atoms with van der Waals surface area (Å²) in [7, 11) is 0. The maximum atomic E-state index is 11.5. The van der Waals surface area contributed by atoms with E-state index in [1.807, 2.05) is 19.1 Å². The maximum absolute atomic E-state index is 11.5. The first-order valence-electron chi connectivity index (χ1n) is 6.85. The molecular weight excluding hydrogens is 266 g/mol. The van der Waals surface area contributed by atoms with Crippen LogP contribution in [0.1, 0.15) is 23.4 Å². The standard InChI is InChI=1S/C15H17N5O/c1-9-6-18-11(7-17-9)8-19-14-5-13-10(4-12(14)16)2-3-15(21)20-13/h4-7,19H,2-3,8,16H2,1H3,(H,20,21). The number of carbonyl (C=O) groups is 1. The van der Waals surface area contributed by atoms with E-state index in [0.717, 1.165) is 34.7 Å². The van der Waals surface area contributed by atoms with Gasteiger partial charge in [-0.25, -0.2) is 0 Å². The minimum atomic E-state index is 0.0441. The number of nitrogen functional groups attached to an aromatic ring is 1. The monoisotopic (exact) mass is 283 g/mol. The van der Waals surface area contributed by atoms with Crippen molar-refractivity contribution in [1.29, 1.82) is 0 Å². The Morgan fingerprint density at radius 2 is 2.14 bits per heavy atom. The van der Waals surface area contributed by atoms with Crippen molar-refractivity contribution in [2.24, 2.45) is 0 Å². The molecule has 4 N–H and O–H groups in total. The van der Waals surface area contributed by atoms with Crippen molar-refractivity contribution in [2.75, 3.05) is 16.4 Å². The van der Waals surface area contributed by atoms with Crippen LogP contribution in [0, 0.1) is 6.92 Å². The predicted molar refractivity (Wildman–Crippen MR) is 81.9 cm³/mol. The van der Waals surface area contributed by atoms with E-state index in [9.17, 15) is 4.79 Å². The average Bonchev–Trinajstić information content (AvgIpc) is 2.47. The van der Waals surface area contributed by atoms with Gasteiger partial charge < -0.3 is 16.4 Å². The Hall–Kier alpha value is -2.63. The summed E-state index contributed by atoms with van der Waals surface area (Å²) in [6.45, 7) is 2.43. The highest BCUT2D eigenvalue weighted by molar-refractivity contribution is 5.95. The molecule has 0 bridgehead atoms. The average molecular weight is 283 g/mol. The minimum Gasteiger partial charge on any atom is -0.397 e. The highest BCUT2D eigenvalue weighted by atomic mass is 16.1. The topological polar surface area (TPSA) is 92.9 Å². The van der Waals surface area contributed by atoms with E-state index in [-0.39, 0.29) is 5.91 Å². The van der Waals surface area contributed by atoms with Gasteiger partial charge in [0.25, 0.3) is 0 Å². The third-order valence-corrected chi connectivity index (χ3v) is 3.47. The second-order valence-electron chi connectivity index (χ2n) is 5.15. The van der Waals surface area contributed by atoms with E-state index in [4.69, 9.17) is 5.73 Å². The highest BCUT2D eigenvalue weighted by Gasteiger charge is 2.16. The van der Waals surface area contributed by atoms with Crippen molar-refractivity contribution in [2.45, 2.75) is 26.3 Å². The van der Waals surface area contributed by atoms with Crippen LogP contribution in [-0.4, -0.2) is 15.9 Å². The maximum Gasteiger partial charge on any atom is 0.224 e. The zero-order chi connectivity index (χ0) is 14.8. The van der Waals surface area contributed by atoms with E-state index < -0.39 is 0 Å². The summed E-state index contributed by atoms with van der Waals surface area (Å²) in [6, 6.07) is 3.79. The lowest BCUT2D eigenvalue weighted by atomic mass is 10.0. The van der Waals surface area contributed by atoms with Crippen molar-refractivity contribution in [1.82, 2.24) is 9.97 Å². The second kappa shape index (κ2) is 5.40. The molecule has 0 saturated heterocycles. The zero-order valence-corrected chi connectivity index (χ0v) is 11.8. The van der Waals surface area contributed by atoms with Gasteiger partial charge in [0.15, 0.2) is 0 Å². The Labute approximate surface area is 122 Å². The fraction of sp³-hybridized carbons (Fsp3) is 0.267. The van der Waals surface area contributed by atoms with Crippen LogP contribution in [0.3, 0.4) is 0 Å². The molecule has 0 fully saturated rings. The van der Waals surface area contributed by atoms with Gasteiger partial charge in [-0.2, -0.15) is 0 Å². The number of rotatable bonds is 3. The molecular formula is C15H17N5O. The Balaban J connectivity index is 1.77. The summed E-state index contributed by atoms with van der Waals surface area (Å²) in [5, 5.41) is 6.11. The van der Waals surface area contributed by atoms with Crippen LogP contribution in [0.2, 0.25) is 0 Å². The summed E-state index contributed by atoms with van der Waals surface area (Å²) in [5.41, 5.74) is 11.1. The smallest absolute Gasteiger partial charge is 0.224 e. The number of aryl methyl sites for hydroxylation is 2. The van der Waals surface area contributed by atoms with Crippen molar-refractivity contribution in [3.63, 3.8) is 0 Å². The van der Waals surface area contributed by atoms with Gasteiger partial charge in [0.05, 0.1) is 35.5 Å². The van der Waals surface area contributed by atoms with Gasteiger partial charge in [-0.3, -0.25) is 14.8 Å². The number of nitrogens with one attached hydrogen (secondary N) is 2. The van der Waals surface area contributed by atoms with E-state index in [0.29, 0.717) is 18.7 Å². The van der Waals surface area contributed by atoms with Crippen LogP contribution in [0.15, 0.2) is 24.5 Å². The predicted octanol–water partition coefficient (Wildman–Crippen LogP) is 1.86. The second-order valence-corrected chi connectivity index (χ2v) is 5.15. The molecule has 0 saturated carbocycles. The molecule has 1 aliphatic heterocycles. The number of amides is 1. The lowest BCUT2D eigenvalue weighted by Crippen LogP contribution is -2.19. The fourth-order valence-corrected chi connectivity index (χ4v) is 2.30. The number of nitrogens with zero attached hydrogens (tertiary/aromatic N) is 2. The molecule has 0 spiro atoms. The van der Waals surface area contributed by atoms with Gasteiger partial charge >= 0.3 is 0 Å². The molecule has 3 rings (SSSR count). The normalized spacial score (nSPS) is 13.5. The van der Waals surface area contributed by atoms with Gasteiger partial charge in [-0.1, -0.05) is 0 Å². The summed E-state index contributed by atoms with van der Waals surface area (Å²) in [4.78, 5) is 19.9. The molecule has 1 aliphatic rings. The van der Waals surface area contributed by atoms with Crippen LogP contribution in [0.25, 0.3) is 0 Å². The Kier molecular flexibility index (Phi) is 3.43. The first kappa shape index (κ1) is 13.4. The molecule has 0 radical (unpaired) electrons. The Morgan fingerprint density at radius 1 is 1.29 bits per heavy atom. The largest absolute Gasteiger partial charge is 0.397 e. The zero-order valence-electron chi connectivity index (χ0n) is 11.8. The summed E-state index contributed by atoms with van der Waals surface area (Å²) in [6.07, 6.45) is 4.71. The Morgan fingerprint density at radius 3 is 2.90 bits per heavy atom. The molecule has 2 aromatic rings. The van der Waals surface area contributed by atoms with Crippen LogP contribution < -0.4 is 16.4 Å². The van der Waals surface area contributed by atoms with Crippen LogP contribution in [0.4, 0.5) is 17.1 Å². The number of nitrogens with two attached hydrogens (primary N) is 1. The first-order valence-corrected chi connectivity index (χ1v) is 6.85. The quantitative estimate of drug-likeness (QED) is 0.748. The van der Waals surface area contributed by atoms with Gasteiger partial charge in [0, 0.05) is 18.3 Å². The van der Waals surface area contributed by atoms with Gasteiger partial charge in [0.1, 0.15) is 0 Å². The number of anilines is 3. The lowest BCUT2D eigenvalue weighted by molar-refractivity contribution is -0.116. The number of carbonyl (C=O) groups excluding carboxylic acids is 1. The van der Waals surface area contributed by atoms with E-state index in [1.54, 1.807) is 12.4 Å². The highest BCUT2D eigenvalue weighted by Crippen LogP contribution is 2.31. The molecule has 1 aromatic heterocycles. The summed E-state index contributed by atoms with van der Waals surface area (Å²) in [5.74, 6) is 0.0441. The van der Waals surface area contributed by atoms with Crippen molar-refractivity contribution < 1.29 is 4.79 Å². The van der Waals surface area contributed by atoms with Gasteiger partial charge in [-0.05, 0) is 31.0 Å². The summed E-state index contributed by atoms with van der Waals surface area (Å²) >= 11 is 0. The number of hydrogen-bond acceptors (Lipinski definition) is 5. The number of fused-ring (bicyclic) bond motifs is 1. The fourth-order valence-electron chi connectivity index (χ4n) is 2.30. The third-order valence-electron chi connectivity index (χ3n) is 3.47. The van der Waals surface area contributed by atoms with E-state index in [2.05, 4.69) is 20.6 Å². The molecule has 108 valence electrons. The molecule has 6 nitrogen and oxygen atoms in total. The van der Waals surface area contributed by atoms with Crippen molar-refractivity contribution in [3.05, 3.63) is 41.5 Å². The SMILES string of the molecule is Cc1cnc(CNc2cc3c(cc2N)CCC(=O)N3)cn1. The van der Waals surface area contributed by atoms with Gasteiger partial charge in [0.2, 0.25) is 5.91 Å². The molecule has 6 heteroatoms. The number of hydrogen-bond donors (Lipinski definition) is 3. The number of benzene rings is 1. The molecule has 1 aromatic carbocycles. The van der Waals surface area contributed by atoms with Crippen LogP contribution in [0.5, 0.6) is 0 Å². The van der Waals surface area contributed by atoms with Crippen LogP contribution in [-0.2, 0) is 17.8 Å². The van der Waals surface area contributed by atoms with E-state index in [1.165, 1.54) is 0 Å². The molecule has 0 aliphatic carbocycles. The molecule has 0 unspecified atom stereocenters. The molecule has 0 atom stereocenters. The number of aromatic nitrogens is 2. The van der Waals surface area contributed by atoms with Crippen molar-refractivity contribution in [3.8, 4) is 0 Å². The molecule has 21 heavy (non-hydrogen) atoms. The molecule has 2 heterocycles. The summed E-state index contributed by atoms with van der Waals surface area (Å²) < 4.78 is 0. The lowest BCUT2D eigenvalue weighted by Gasteiger charge is -2.19. The van der Waals surface area contributed by atoms with Gasteiger partial charge in [-0.15, -0.1) is 0 Å². The van der Waals surface area contributed by atoms with Crippen LogP contribution >= 0.6 is 0 Å². The first-order chi connectivity index (χ1) is 10.1. The minimum absolute atomic E-state index is 0.0441. The molecule has 1 amide bonds. The van der Waals surface area contributed by atoms with E-state index >= 15 is 0 Å². The van der Waals surface area contributed by atoms with Crippen molar-refractivity contribution >= 4 is 23.0 Å². The Bertz CT molecular complexity index is 681. The third kappa shape index (κ3) is 2.94.